The molecule has 0 aliphatic rings. The predicted octanol–water partition coefficient (Wildman–Crippen LogP) is 0.956. The molecule has 0 saturated heterocycles. The molecule has 1 rings (SSSR count). The predicted molar refractivity (Wildman–Crippen MR) is 50.5 cm³/mol. The molecule has 0 aliphatic heterocycles. The third-order valence-electron chi connectivity index (χ3n) is 1.76. The normalized spacial score (nSPS) is 10.9. The van der Waals surface area contributed by atoms with E-state index in [1.807, 2.05) is 0 Å². The van der Waals surface area contributed by atoms with Gasteiger partial charge in [-0.2, -0.15) is 0 Å². The summed E-state index contributed by atoms with van der Waals surface area (Å²) in [6.45, 7) is -0.711. The number of halogens is 2. The molecule has 0 fully saturated rings. The number of hydrogen-bond donors (Lipinski definition) is 2. The number of carbonyl (C=O) groups excluding carboxylic acids is 1. The van der Waals surface area contributed by atoms with Crippen molar-refractivity contribution in [2.75, 3.05) is 0 Å². The van der Waals surface area contributed by atoms with Gasteiger partial charge < -0.3 is 10.8 Å². The summed E-state index contributed by atoms with van der Waals surface area (Å²) < 4.78 is 26.2. The smallest absolute Gasteiger partial charge is 0.241 e. The number of amides is 1. The highest BCUT2D eigenvalue weighted by molar-refractivity contribution is 5.90. The molecule has 3 N–H and O–H groups in total. The number of aliphatic hydroxyl groups excluding tert-OH is 1. The maximum absolute atomic E-state index is 13.1. The van der Waals surface area contributed by atoms with Gasteiger partial charge in [-0.05, 0) is 23.8 Å². The first-order chi connectivity index (χ1) is 7.04. The quantitative estimate of drug-likeness (QED) is 0.734. The Kier molecular flexibility index (Phi) is 3.51. The van der Waals surface area contributed by atoms with Gasteiger partial charge in [0.05, 0.1) is 6.61 Å². The molecule has 0 spiro atoms. The second-order valence-corrected chi connectivity index (χ2v) is 2.86. The van der Waals surface area contributed by atoms with Gasteiger partial charge in [-0.3, -0.25) is 4.79 Å². The zero-order valence-electron chi connectivity index (χ0n) is 7.71. The van der Waals surface area contributed by atoms with Crippen LogP contribution in [-0.2, 0) is 11.4 Å². The number of benzene rings is 1. The van der Waals surface area contributed by atoms with E-state index in [2.05, 4.69) is 0 Å². The maximum atomic E-state index is 13.1. The molecule has 0 unspecified atom stereocenters. The van der Waals surface area contributed by atoms with E-state index in [0.717, 1.165) is 18.2 Å². The van der Waals surface area contributed by atoms with E-state index in [1.165, 1.54) is 6.08 Å². The molecule has 3 nitrogen and oxygen atoms in total. The number of nitrogens with two attached hydrogens (primary N) is 1. The SMILES string of the molecule is NC(=O)C=Cc1cc(F)c(CO)c(F)c1. The van der Waals surface area contributed by atoms with Crippen LogP contribution < -0.4 is 5.73 Å². The fourth-order valence-corrected chi connectivity index (χ4v) is 1.05. The molecule has 0 radical (unpaired) electrons. The fraction of sp³-hybridized carbons (Fsp3) is 0.100. The highest BCUT2D eigenvalue weighted by Crippen LogP contribution is 2.16. The standard InChI is InChI=1S/C10H9F2NO2/c11-8-3-6(1-2-10(13)15)4-9(12)7(8)5-14/h1-4,14H,5H2,(H2,13,15). The second kappa shape index (κ2) is 4.65. The van der Waals surface area contributed by atoms with E-state index in [0.29, 0.717) is 0 Å². The topological polar surface area (TPSA) is 63.3 Å². The lowest BCUT2D eigenvalue weighted by Crippen LogP contribution is -2.05. The van der Waals surface area contributed by atoms with E-state index in [4.69, 9.17) is 10.8 Å². The summed E-state index contributed by atoms with van der Waals surface area (Å²) in [6.07, 6.45) is 2.18. The number of carbonyl (C=O) groups is 1. The first-order valence-electron chi connectivity index (χ1n) is 4.11. The van der Waals surface area contributed by atoms with Gasteiger partial charge in [-0.25, -0.2) is 8.78 Å². The first kappa shape index (κ1) is 11.3. The van der Waals surface area contributed by atoms with Gasteiger partial charge in [-0.15, -0.1) is 0 Å². The van der Waals surface area contributed by atoms with Crippen LogP contribution in [0.25, 0.3) is 6.08 Å². The molecule has 80 valence electrons. The fourth-order valence-electron chi connectivity index (χ4n) is 1.05. The summed E-state index contributed by atoms with van der Waals surface area (Å²) in [4.78, 5) is 10.4. The van der Waals surface area contributed by atoms with Gasteiger partial charge >= 0.3 is 0 Å². The summed E-state index contributed by atoms with van der Waals surface area (Å²) in [5.74, 6) is -2.43. The summed E-state index contributed by atoms with van der Waals surface area (Å²) in [6, 6.07) is 2.02. The summed E-state index contributed by atoms with van der Waals surface area (Å²) in [7, 11) is 0. The van der Waals surface area contributed by atoms with Gasteiger partial charge in [0, 0.05) is 11.6 Å². The molecule has 0 heterocycles. The average Bonchev–Trinajstić information content (AvgIpc) is 2.14. The molecule has 0 aromatic heterocycles. The van der Waals surface area contributed by atoms with Crippen LogP contribution in [0.5, 0.6) is 0 Å². The Balaban J connectivity index is 3.09. The molecule has 0 bridgehead atoms. The van der Waals surface area contributed by atoms with Crippen molar-refractivity contribution in [3.63, 3.8) is 0 Å². The summed E-state index contributed by atoms with van der Waals surface area (Å²) >= 11 is 0. The molecular weight excluding hydrogens is 204 g/mol. The highest BCUT2D eigenvalue weighted by Gasteiger charge is 2.08. The van der Waals surface area contributed by atoms with Gasteiger partial charge in [0.1, 0.15) is 11.6 Å². The van der Waals surface area contributed by atoms with E-state index < -0.39 is 29.7 Å². The Hall–Kier alpha value is -1.75. The molecule has 5 heteroatoms. The Morgan fingerprint density at radius 2 is 1.93 bits per heavy atom. The molecule has 1 aromatic carbocycles. The molecule has 1 aromatic rings. The number of hydrogen-bond acceptors (Lipinski definition) is 2. The van der Waals surface area contributed by atoms with Gasteiger partial charge in [0.15, 0.2) is 0 Å². The average molecular weight is 213 g/mol. The van der Waals surface area contributed by atoms with Crippen LogP contribution >= 0.6 is 0 Å². The van der Waals surface area contributed by atoms with Crippen molar-refractivity contribution in [2.24, 2.45) is 5.73 Å². The zero-order valence-corrected chi connectivity index (χ0v) is 7.71. The van der Waals surface area contributed by atoms with Crippen molar-refractivity contribution in [3.05, 3.63) is 41.0 Å². The zero-order chi connectivity index (χ0) is 11.4. The Labute approximate surface area is 84.8 Å². The van der Waals surface area contributed by atoms with Crippen LogP contribution in [0, 0.1) is 11.6 Å². The van der Waals surface area contributed by atoms with E-state index in [9.17, 15) is 13.6 Å². The first-order valence-corrected chi connectivity index (χ1v) is 4.11. The van der Waals surface area contributed by atoms with Crippen molar-refractivity contribution in [2.45, 2.75) is 6.61 Å². The van der Waals surface area contributed by atoms with Gasteiger partial charge in [0.25, 0.3) is 0 Å². The number of rotatable bonds is 3. The minimum absolute atomic E-state index is 0.168. The lowest BCUT2D eigenvalue weighted by molar-refractivity contribution is -0.113. The van der Waals surface area contributed by atoms with Gasteiger partial charge in [-0.1, -0.05) is 0 Å². The largest absolute Gasteiger partial charge is 0.391 e. The minimum atomic E-state index is -0.860. The van der Waals surface area contributed by atoms with Crippen molar-refractivity contribution in [1.82, 2.24) is 0 Å². The minimum Gasteiger partial charge on any atom is -0.391 e. The third kappa shape index (κ3) is 2.85. The summed E-state index contributed by atoms with van der Waals surface area (Å²) in [5, 5.41) is 8.64. The highest BCUT2D eigenvalue weighted by atomic mass is 19.1. The maximum Gasteiger partial charge on any atom is 0.241 e. The Morgan fingerprint density at radius 3 is 2.33 bits per heavy atom. The molecule has 0 aliphatic carbocycles. The van der Waals surface area contributed by atoms with Crippen molar-refractivity contribution in [3.8, 4) is 0 Å². The van der Waals surface area contributed by atoms with Crippen molar-refractivity contribution in [1.29, 1.82) is 0 Å². The van der Waals surface area contributed by atoms with Crippen LogP contribution in [0.15, 0.2) is 18.2 Å². The van der Waals surface area contributed by atoms with Gasteiger partial charge in [0.2, 0.25) is 5.91 Å². The second-order valence-electron chi connectivity index (χ2n) is 2.86. The molecular formula is C10H9F2NO2. The van der Waals surface area contributed by atoms with Crippen LogP contribution in [-0.4, -0.2) is 11.0 Å². The molecule has 15 heavy (non-hydrogen) atoms. The number of aliphatic hydroxyl groups is 1. The summed E-state index contributed by atoms with van der Waals surface area (Å²) in [5.41, 5.74) is 4.59. The third-order valence-corrected chi connectivity index (χ3v) is 1.76. The Morgan fingerprint density at radius 1 is 1.40 bits per heavy atom. The van der Waals surface area contributed by atoms with E-state index >= 15 is 0 Å². The van der Waals surface area contributed by atoms with Crippen molar-refractivity contribution >= 4 is 12.0 Å². The van der Waals surface area contributed by atoms with E-state index in [1.54, 1.807) is 0 Å². The van der Waals surface area contributed by atoms with Crippen LogP contribution in [0.3, 0.4) is 0 Å². The molecule has 0 atom stereocenters. The van der Waals surface area contributed by atoms with Crippen LogP contribution in [0.2, 0.25) is 0 Å². The van der Waals surface area contributed by atoms with Crippen LogP contribution in [0.1, 0.15) is 11.1 Å². The van der Waals surface area contributed by atoms with Crippen molar-refractivity contribution < 1.29 is 18.7 Å². The lowest BCUT2D eigenvalue weighted by Gasteiger charge is -2.02. The molecule has 1 amide bonds. The molecule has 0 saturated carbocycles. The lowest BCUT2D eigenvalue weighted by atomic mass is 10.1. The van der Waals surface area contributed by atoms with E-state index in [-0.39, 0.29) is 5.56 Å². The van der Waals surface area contributed by atoms with Crippen LogP contribution in [0.4, 0.5) is 8.78 Å². The Bertz CT molecular complexity index is 393. The monoisotopic (exact) mass is 213 g/mol. The number of primary amides is 1.